The van der Waals surface area contributed by atoms with E-state index in [4.69, 9.17) is 9.72 Å². The molecule has 0 amide bonds. The number of ether oxygens (including phenoxy) is 1. The summed E-state index contributed by atoms with van der Waals surface area (Å²) in [6, 6.07) is 10.7. The van der Waals surface area contributed by atoms with Crippen molar-refractivity contribution in [1.82, 2.24) is 15.0 Å². The molecule has 0 bridgehead atoms. The summed E-state index contributed by atoms with van der Waals surface area (Å²) in [5.41, 5.74) is 5.11. The van der Waals surface area contributed by atoms with Crippen LogP contribution in [0.25, 0.3) is 22.3 Å². The molecule has 138 valence electrons. The Morgan fingerprint density at radius 1 is 0.815 bits per heavy atom. The lowest BCUT2D eigenvalue weighted by molar-refractivity contribution is 0.122. The van der Waals surface area contributed by atoms with E-state index in [0.717, 1.165) is 67.5 Å². The van der Waals surface area contributed by atoms with Gasteiger partial charge in [0.25, 0.3) is 0 Å². The molecular formula is C21H23N5O. The number of nitrogens with zero attached hydrogens (tertiary/aromatic N) is 5. The van der Waals surface area contributed by atoms with E-state index in [2.05, 4.69) is 44.0 Å². The smallest absolute Gasteiger partial charge is 0.157 e. The van der Waals surface area contributed by atoms with Crippen LogP contribution >= 0.6 is 0 Å². The Labute approximate surface area is 158 Å². The second-order valence-corrected chi connectivity index (χ2v) is 7.10. The molecule has 0 radical (unpaired) electrons. The third-order valence-electron chi connectivity index (χ3n) is 5.38. The fourth-order valence-corrected chi connectivity index (χ4v) is 3.92. The minimum Gasteiger partial charge on any atom is -0.378 e. The first-order chi connectivity index (χ1) is 13.4. The molecule has 4 heterocycles. The standard InChI is InChI=1S/C21H23N5O/c1-2-10-26(9-1)21-20-19(22-7-8-23-20)15-18(24-21)16-3-5-17(6-4-16)25-11-13-27-14-12-25/h3-8,15H,1-2,9-14H2. The summed E-state index contributed by atoms with van der Waals surface area (Å²) in [6.45, 7) is 5.57. The highest BCUT2D eigenvalue weighted by Gasteiger charge is 2.19. The molecular weight excluding hydrogens is 338 g/mol. The first-order valence-electron chi connectivity index (χ1n) is 9.68. The predicted octanol–water partition coefficient (Wildman–Crippen LogP) is 3.13. The summed E-state index contributed by atoms with van der Waals surface area (Å²) in [5.74, 6) is 0.963. The molecule has 6 heteroatoms. The summed E-state index contributed by atoms with van der Waals surface area (Å²) < 4.78 is 5.45. The lowest BCUT2D eigenvalue weighted by Crippen LogP contribution is -2.36. The van der Waals surface area contributed by atoms with Crippen LogP contribution in [-0.2, 0) is 4.74 Å². The zero-order valence-electron chi connectivity index (χ0n) is 15.3. The van der Waals surface area contributed by atoms with Gasteiger partial charge in [-0.25, -0.2) is 9.97 Å². The molecule has 2 aliphatic heterocycles. The van der Waals surface area contributed by atoms with Crippen molar-refractivity contribution in [3.05, 3.63) is 42.7 Å². The van der Waals surface area contributed by atoms with Crippen LogP contribution in [0.3, 0.4) is 0 Å². The van der Waals surface area contributed by atoms with Gasteiger partial charge in [0.05, 0.1) is 24.4 Å². The molecule has 2 aliphatic rings. The molecule has 3 aromatic rings. The summed E-state index contributed by atoms with van der Waals surface area (Å²) in [5, 5.41) is 0. The maximum absolute atomic E-state index is 5.45. The van der Waals surface area contributed by atoms with E-state index in [1.54, 1.807) is 12.4 Å². The van der Waals surface area contributed by atoms with Crippen molar-refractivity contribution in [2.45, 2.75) is 12.8 Å². The monoisotopic (exact) mass is 361 g/mol. The highest BCUT2D eigenvalue weighted by molar-refractivity contribution is 5.89. The topological polar surface area (TPSA) is 54.4 Å². The Hall–Kier alpha value is -2.73. The van der Waals surface area contributed by atoms with Gasteiger partial charge in [0, 0.05) is 49.8 Å². The van der Waals surface area contributed by atoms with Crippen molar-refractivity contribution in [2.75, 3.05) is 49.2 Å². The van der Waals surface area contributed by atoms with Gasteiger partial charge < -0.3 is 14.5 Å². The number of hydrogen-bond donors (Lipinski definition) is 0. The molecule has 0 saturated carbocycles. The SMILES string of the molecule is c1cnc2c(N3CCCC3)nc(-c3ccc(N4CCOCC4)cc3)cc2n1. The molecule has 2 fully saturated rings. The third kappa shape index (κ3) is 3.21. The number of anilines is 2. The van der Waals surface area contributed by atoms with Gasteiger partial charge >= 0.3 is 0 Å². The van der Waals surface area contributed by atoms with Gasteiger partial charge in [-0.05, 0) is 31.0 Å². The van der Waals surface area contributed by atoms with Crippen LogP contribution in [0.5, 0.6) is 0 Å². The summed E-state index contributed by atoms with van der Waals surface area (Å²) >= 11 is 0. The molecule has 0 aliphatic carbocycles. The summed E-state index contributed by atoms with van der Waals surface area (Å²) in [6.07, 6.45) is 5.92. The number of benzene rings is 1. The van der Waals surface area contributed by atoms with Crippen LogP contribution in [0.1, 0.15) is 12.8 Å². The maximum Gasteiger partial charge on any atom is 0.157 e. The molecule has 0 N–H and O–H groups in total. The van der Waals surface area contributed by atoms with Crippen LogP contribution in [0.4, 0.5) is 11.5 Å². The second kappa shape index (κ2) is 7.12. The van der Waals surface area contributed by atoms with E-state index >= 15 is 0 Å². The van der Waals surface area contributed by atoms with Gasteiger partial charge in [0.1, 0.15) is 5.52 Å². The Kier molecular flexibility index (Phi) is 4.33. The van der Waals surface area contributed by atoms with Gasteiger partial charge in [0.15, 0.2) is 5.82 Å². The predicted molar refractivity (Wildman–Crippen MR) is 107 cm³/mol. The van der Waals surface area contributed by atoms with Crippen molar-refractivity contribution in [3.8, 4) is 11.3 Å². The average Bonchev–Trinajstić information content (AvgIpc) is 3.28. The number of pyridine rings is 1. The zero-order chi connectivity index (χ0) is 18.1. The van der Waals surface area contributed by atoms with Gasteiger partial charge in [-0.1, -0.05) is 12.1 Å². The van der Waals surface area contributed by atoms with Crippen LogP contribution < -0.4 is 9.80 Å². The molecule has 2 aromatic heterocycles. The van der Waals surface area contributed by atoms with Gasteiger partial charge in [0.2, 0.25) is 0 Å². The zero-order valence-corrected chi connectivity index (χ0v) is 15.3. The molecule has 0 atom stereocenters. The maximum atomic E-state index is 5.45. The van der Waals surface area contributed by atoms with E-state index in [1.165, 1.54) is 18.5 Å². The summed E-state index contributed by atoms with van der Waals surface area (Å²) in [7, 11) is 0. The first kappa shape index (κ1) is 16.4. The summed E-state index contributed by atoms with van der Waals surface area (Å²) in [4.78, 5) is 18.8. The number of morpholine rings is 1. The van der Waals surface area contributed by atoms with E-state index in [1.807, 2.05) is 6.07 Å². The fraction of sp³-hybridized carbons (Fsp3) is 0.381. The van der Waals surface area contributed by atoms with Crippen molar-refractivity contribution in [2.24, 2.45) is 0 Å². The molecule has 0 spiro atoms. The number of fused-ring (bicyclic) bond motifs is 1. The van der Waals surface area contributed by atoms with Crippen molar-refractivity contribution < 1.29 is 4.74 Å². The highest BCUT2D eigenvalue weighted by Crippen LogP contribution is 2.30. The Morgan fingerprint density at radius 3 is 2.33 bits per heavy atom. The number of aromatic nitrogens is 3. The van der Waals surface area contributed by atoms with E-state index in [9.17, 15) is 0 Å². The van der Waals surface area contributed by atoms with Gasteiger partial charge in [-0.3, -0.25) is 4.98 Å². The Balaban J connectivity index is 1.52. The number of rotatable bonds is 3. The molecule has 2 saturated heterocycles. The Bertz CT molecular complexity index is 931. The van der Waals surface area contributed by atoms with Crippen molar-refractivity contribution >= 4 is 22.5 Å². The van der Waals surface area contributed by atoms with E-state index < -0.39 is 0 Å². The first-order valence-corrected chi connectivity index (χ1v) is 9.68. The van der Waals surface area contributed by atoms with Crippen molar-refractivity contribution in [1.29, 1.82) is 0 Å². The molecule has 27 heavy (non-hydrogen) atoms. The van der Waals surface area contributed by atoms with Crippen LogP contribution in [0.2, 0.25) is 0 Å². The van der Waals surface area contributed by atoms with Gasteiger partial charge in [-0.15, -0.1) is 0 Å². The third-order valence-corrected chi connectivity index (χ3v) is 5.38. The molecule has 6 nitrogen and oxygen atoms in total. The Morgan fingerprint density at radius 2 is 1.56 bits per heavy atom. The van der Waals surface area contributed by atoms with Crippen LogP contribution in [0.15, 0.2) is 42.7 Å². The minimum atomic E-state index is 0.797. The number of hydrogen-bond acceptors (Lipinski definition) is 6. The lowest BCUT2D eigenvalue weighted by atomic mass is 10.1. The lowest BCUT2D eigenvalue weighted by Gasteiger charge is -2.28. The average molecular weight is 361 g/mol. The second-order valence-electron chi connectivity index (χ2n) is 7.10. The molecule has 0 unspecified atom stereocenters. The fourth-order valence-electron chi connectivity index (χ4n) is 3.92. The molecule has 1 aromatic carbocycles. The van der Waals surface area contributed by atoms with Crippen LogP contribution in [0, 0.1) is 0 Å². The quantitative estimate of drug-likeness (QED) is 0.714. The van der Waals surface area contributed by atoms with E-state index in [0.29, 0.717) is 0 Å². The molecule has 5 rings (SSSR count). The van der Waals surface area contributed by atoms with E-state index in [-0.39, 0.29) is 0 Å². The highest BCUT2D eigenvalue weighted by atomic mass is 16.5. The normalized spacial score (nSPS) is 17.6. The minimum absolute atomic E-state index is 0.797. The largest absolute Gasteiger partial charge is 0.378 e. The van der Waals surface area contributed by atoms with Crippen LogP contribution in [-0.4, -0.2) is 54.3 Å². The van der Waals surface area contributed by atoms with Crippen molar-refractivity contribution in [3.63, 3.8) is 0 Å². The van der Waals surface area contributed by atoms with Gasteiger partial charge in [-0.2, -0.15) is 0 Å².